The van der Waals surface area contributed by atoms with Crippen molar-refractivity contribution in [3.05, 3.63) is 35.4 Å². The van der Waals surface area contributed by atoms with E-state index in [1.165, 1.54) is 49.7 Å². The van der Waals surface area contributed by atoms with E-state index in [4.69, 9.17) is 0 Å². The van der Waals surface area contributed by atoms with E-state index in [1.54, 1.807) is 0 Å². The molecule has 0 heterocycles. The number of benzene rings is 1. The van der Waals surface area contributed by atoms with Crippen molar-refractivity contribution in [1.29, 1.82) is 0 Å². The van der Waals surface area contributed by atoms with Gasteiger partial charge in [0.2, 0.25) is 0 Å². The van der Waals surface area contributed by atoms with Gasteiger partial charge in [-0.3, -0.25) is 4.79 Å². The Kier molecular flexibility index (Phi) is 5.03. The predicted molar refractivity (Wildman–Crippen MR) is 98.3 cm³/mol. The van der Waals surface area contributed by atoms with Crippen molar-refractivity contribution in [3.63, 3.8) is 0 Å². The summed E-state index contributed by atoms with van der Waals surface area (Å²) >= 11 is 0. The lowest BCUT2D eigenvalue weighted by atomic mass is 9.68. The second-order valence-corrected chi connectivity index (χ2v) is 9.13. The van der Waals surface area contributed by atoms with E-state index >= 15 is 0 Å². The third-order valence-electron chi connectivity index (χ3n) is 6.35. The van der Waals surface area contributed by atoms with Gasteiger partial charge in [0, 0.05) is 0 Å². The molecule has 0 amide bonds. The predicted octanol–water partition coefficient (Wildman–Crippen LogP) is 5.97. The van der Waals surface area contributed by atoms with Crippen molar-refractivity contribution in [3.8, 4) is 0 Å². The van der Waals surface area contributed by atoms with E-state index in [0.717, 1.165) is 5.92 Å². The minimum atomic E-state index is -0.664. The minimum absolute atomic E-state index is 0.216. The smallest absolute Gasteiger partial charge is 0.303 e. The van der Waals surface area contributed by atoms with Crippen molar-refractivity contribution in [2.75, 3.05) is 0 Å². The molecule has 2 heteroatoms. The van der Waals surface area contributed by atoms with Gasteiger partial charge in [-0.25, -0.2) is 0 Å². The quantitative estimate of drug-likeness (QED) is 0.722. The first-order valence-electron chi connectivity index (χ1n) is 9.66. The van der Waals surface area contributed by atoms with Crippen molar-refractivity contribution >= 4 is 5.97 Å². The number of hydrogen-bond acceptors (Lipinski definition) is 1. The molecule has 1 aromatic carbocycles. The van der Waals surface area contributed by atoms with Gasteiger partial charge in [-0.1, -0.05) is 45.0 Å². The van der Waals surface area contributed by atoms with Crippen LogP contribution in [0.25, 0.3) is 0 Å². The third kappa shape index (κ3) is 4.20. The molecule has 2 aliphatic carbocycles. The van der Waals surface area contributed by atoms with Crippen molar-refractivity contribution in [2.45, 2.75) is 77.6 Å². The van der Waals surface area contributed by atoms with Crippen LogP contribution in [0.15, 0.2) is 24.3 Å². The van der Waals surface area contributed by atoms with Crippen LogP contribution < -0.4 is 0 Å². The third-order valence-corrected chi connectivity index (χ3v) is 6.35. The molecule has 2 aliphatic rings. The number of rotatable bonds is 5. The average Bonchev–Trinajstić information content (AvgIpc) is 3.37. The molecule has 3 rings (SSSR count). The van der Waals surface area contributed by atoms with Gasteiger partial charge < -0.3 is 5.11 Å². The van der Waals surface area contributed by atoms with Crippen LogP contribution in [0.1, 0.15) is 88.7 Å². The Hall–Kier alpha value is -1.31. The van der Waals surface area contributed by atoms with E-state index in [-0.39, 0.29) is 12.3 Å². The van der Waals surface area contributed by atoms with Gasteiger partial charge in [0.25, 0.3) is 0 Å². The Balaban J connectivity index is 1.70. The van der Waals surface area contributed by atoms with Crippen LogP contribution in [-0.4, -0.2) is 11.1 Å². The summed E-state index contributed by atoms with van der Waals surface area (Å²) in [6.45, 7) is 7.10. The van der Waals surface area contributed by atoms with Crippen molar-refractivity contribution in [1.82, 2.24) is 0 Å². The fourth-order valence-electron chi connectivity index (χ4n) is 4.58. The highest BCUT2D eigenvalue weighted by molar-refractivity contribution is 5.68. The molecule has 24 heavy (non-hydrogen) atoms. The first-order chi connectivity index (χ1) is 11.3. The van der Waals surface area contributed by atoms with Gasteiger partial charge in [0.15, 0.2) is 0 Å². The maximum Gasteiger partial charge on any atom is 0.303 e. The van der Waals surface area contributed by atoms with Crippen LogP contribution in [0.3, 0.4) is 0 Å². The molecule has 2 nitrogen and oxygen atoms in total. The SMILES string of the molecule is CC(C)(C)C1CCC(c2cccc(C(CC(=O)O)C3CC3)c2)CC1. The number of carboxylic acids is 1. The monoisotopic (exact) mass is 328 g/mol. The van der Waals surface area contributed by atoms with Crippen LogP contribution in [-0.2, 0) is 4.79 Å². The second-order valence-electron chi connectivity index (χ2n) is 9.13. The Labute approximate surface area is 146 Å². The minimum Gasteiger partial charge on any atom is -0.481 e. The fraction of sp³-hybridized carbons (Fsp3) is 0.682. The van der Waals surface area contributed by atoms with E-state index in [0.29, 0.717) is 17.3 Å². The lowest BCUT2D eigenvalue weighted by Gasteiger charge is -2.37. The van der Waals surface area contributed by atoms with Gasteiger partial charge in [0.1, 0.15) is 0 Å². The van der Waals surface area contributed by atoms with Crippen molar-refractivity contribution in [2.24, 2.45) is 17.3 Å². The molecule has 0 bridgehead atoms. The lowest BCUT2D eigenvalue weighted by Crippen LogP contribution is -2.25. The zero-order valence-corrected chi connectivity index (χ0v) is 15.4. The summed E-state index contributed by atoms with van der Waals surface area (Å²) < 4.78 is 0. The van der Waals surface area contributed by atoms with Gasteiger partial charge in [-0.15, -0.1) is 0 Å². The molecule has 1 N–H and O–H groups in total. The summed E-state index contributed by atoms with van der Waals surface area (Å²) in [5, 5.41) is 9.25. The van der Waals surface area contributed by atoms with E-state index in [9.17, 15) is 9.90 Å². The molecule has 2 fully saturated rings. The summed E-state index contributed by atoms with van der Waals surface area (Å²) in [4.78, 5) is 11.2. The molecule has 1 unspecified atom stereocenters. The molecule has 0 saturated heterocycles. The highest BCUT2D eigenvalue weighted by atomic mass is 16.4. The maximum absolute atomic E-state index is 11.2. The Morgan fingerprint density at radius 1 is 1.12 bits per heavy atom. The molecule has 1 atom stereocenters. The summed E-state index contributed by atoms with van der Waals surface area (Å²) in [5.74, 6) is 1.64. The normalized spacial score (nSPS) is 26.1. The Morgan fingerprint density at radius 3 is 2.33 bits per heavy atom. The molecule has 2 saturated carbocycles. The van der Waals surface area contributed by atoms with Gasteiger partial charge in [-0.05, 0) is 78.7 Å². The maximum atomic E-state index is 11.2. The highest BCUT2D eigenvalue weighted by Gasteiger charge is 2.34. The average molecular weight is 328 g/mol. The summed E-state index contributed by atoms with van der Waals surface area (Å²) in [7, 11) is 0. The highest BCUT2D eigenvalue weighted by Crippen LogP contribution is 2.46. The van der Waals surface area contributed by atoms with Crippen LogP contribution in [0.2, 0.25) is 0 Å². The molecule has 0 aliphatic heterocycles. The molecular weight excluding hydrogens is 296 g/mol. The molecule has 0 radical (unpaired) electrons. The number of carboxylic acid groups (broad SMARTS) is 1. The Morgan fingerprint density at radius 2 is 1.79 bits per heavy atom. The van der Waals surface area contributed by atoms with Crippen LogP contribution >= 0.6 is 0 Å². The summed E-state index contributed by atoms with van der Waals surface area (Å²) in [6.07, 6.45) is 7.86. The van der Waals surface area contributed by atoms with Crippen LogP contribution in [0.4, 0.5) is 0 Å². The standard InChI is InChI=1S/C22H32O2/c1-22(2,3)19-11-9-15(10-12-19)17-5-4-6-18(13-17)20(14-21(23)24)16-7-8-16/h4-6,13,15-16,19-20H,7-12,14H2,1-3H3,(H,23,24). The van der Waals surface area contributed by atoms with Crippen LogP contribution in [0.5, 0.6) is 0 Å². The molecule has 0 spiro atoms. The molecule has 132 valence electrons. The first-order valence-corrected chi connectivity index (χ1v) is 9.66. The Bertz CT molecular complexity index is 572. The fourth-order valence-corrected chi connectivity index (χ4v) is 4.58. The van der Waals surface area contributed by atoms with Gasteiger partial charge >= 0.3 is 5.97 Å². The molecule has 1 aromatic rings. The zero-order chi connectivity index (χ0) is 17.3. The van der Waals surface area contributed by atoms with Gasteiger partial charge in [0.05, 0.1) is 6.42 Å². The first kappa shape index (κ1) is 17.5. The number of hydrogen-bond donors (Lipinski definition) is 1. The van der Waals surface area contributed by atoms with E-state index in [1.807, 2.05) is 0 Å². The largest absolute Gasteiger partial charge is 0.481 e. The number of aliphatic carboxylic acids is 1. The molecule has 0 aromatic heterocycles. The van der Waals surface area contributed by atoms with Crippen molar-refractivity contribution < 1.29 is 9.90 Å². The van der Waals surface area contributed by atoms with E-state index < -0.39 is 5.97 Å². The van der Waals surface area contributed by atoms with Crippen LogP contribution in [0, 0.1) is 17.3 Å². The zero-order valence-electron chi connectivity index (χ0n) is 15.4. The summed E-state index contributed by atoms with van der Waals surface area (Å²) in [6, 6.07) is 8.89. The van der Waals surface area contributed by atoms with Gasteiger partial charge in [-0.2, -0.15) is 0 Å². The molecular formula is C22H32O2. The topological polar surface area (TPSA) is 37.3 Å². The lowest BCUT2D eigenvalue weighted by molar-refractivity contribution is -0.137. The second kappa shape index (κ2) is 6.90. The summed E-state index contributed by atoms with van der Waals surface area (Å²) in [5.41, 5.74) is 3.12. The van der Waals surface area contributed by atoms with E-state index in [2.05, 4.69) is 45.0 Å². The number of carbonyl (C=O) groups is 1.